The Morgan fingerprint density at radius 3 is 2.61 bits per heavy atom. The van der Waals surface area contributed by atoms with Crippen LogP contribution in [0.3, 0.4) is 0 Å². The van der Waals surface area contributed by atoms with Gasteiger partial charge in [0, 0.05) is 18.2 Å². The molecule has 4 amide bonds. The van der Waals surface area contributed by atoms with Gasteiger partial charge in [-0.1, -0.05) is 12.1 Å². The number of halogens is 1. The van der Waals surface area contributed by atoms with Gasteiger partial charge in [-0.2, -0.15) is 0 Å². The fourth-order valence-corrected chi connectivity index (χ4v) is 3.90. The van der Waals surface area contributed by atoms with E-state index < -0.39 is 35.5 Å². The van der Waals surface area contributed by atoms with E-state index in [-0.39, 0.29) is 35.8 Å². The number of piperidine rings is 1. The first-order chi connectivity index (χ1) is 14.8. The summed E-state index contributed by atoms with van der Waals surface area (Å²) in [6.07, 6.45) is 0.134. The number of nitrogens with zero attached hydrogens (tertiary/aromatic N) is 1. The molecule has 0 aliphatic carbocycles. The van der Waals surface area contributed by atoms with Gasteiger partial charge in [0.1, 0.15) is 6.04 Å². The zero-order chi connectivity index (χ0) is 22.3. The standard InChI is InChI=1S/C22H20FN3O5/c1-11(12-6-8-17(31-2)14(23)10-12)24-15-5-3-4-13-19(15)22(30)26(21(13)29)16-7-9-18(27)25-20(16)28/h3-6,8,10-11,16,24H,7,9H2,1-2H3,(H,25,27,28)/t11-,16?/m1/s1. The molecule has 9 heteroatoms. The normalized spacial score (nSPS) is 19.2. The highest BCUT2D eigenvalue weighted by atomic mass is 19.1. The van der Waals surface area contributed by atoms with Crippen molar-refractivity contribution in [1.82, 2.24) is 10.2 Å². The Morgan fingerprint density at radius 1 is 1.16 bits per heavy atom. The van der Waals surface area contributed by atoms with E-state index in [1.807, 2.05) is 0 Å². The lowest BCUT2D eigenvalue weighted by atomic mass is 10.0. The van der Waals surface area contributed by atoms with Crippen LogP contribution in [0.15, 0.2) is 36.4 Å². The zero-order valence-electron chi connectivity index (χ0n) is 16.9. The second-order valence-corrected chi connectivity index (χ2v) is 7.44. The van der Waals surface area contributed by atoms with Crippen LogP contribution in [0.25, 0.3) is 0 Å². The molecule has 0 bridgehead atoms. The van der Waals surface area contributed by atoms with E-state index in [2.05, 4.69) is 10.6 Å². The lowest BCUT2D eigenvalue weighted by molar-refractivity contribution is -0.136. The number of carbonyl (C=O) groups is 4. The van der Waals surface area contributed by atoms with Gasteiger partial charge in [-0.25, -0.2) is 4.39 Å². The molecule has 2 aromatic carbocycles. The predicted molar refractivity (Wildman–Crippen MR) is 108 cm³/mol. The van der Waals surface area contributed by atoms with Crippen molar-refractivity contribution in [2.75, 3.05) is 12.4 Å². The summed E-state index contributed by atoms with van der Waals surface area (Å²) in [5, 5.41) is 5.33. The number of hydrogen-bond donors (Lipinski definition) is 2. The fraction of sp³-hybridized carbons (Fsp3) is 0.273. The smallest absolute Gasteiger partial charge is 0.264 e. The van der Waals surface area contributed by atoms with Crippen molar-refractivity contribution in [2.45, 2.75) is 31.8 Å². The maximum absolute atomic E-state index is 14.1. The topological polar surface area (TPSA) is 105 Å². The van der Waals surface area contributed by atoms with E-state index in [1.165, 1.54) is 25.3 Å². The summed E-state index contributed by atoms with van der Waals surface area (Å²) < 4.78 is 19.0. The Kier molecular flexibility index (Phi) is 5.18. The number of fused-ring (bicyclic) bond motifs is 1. The summed E-state index contributed by atoms with van der Waals surface area (Å²) in [5.74, 6) is -2.67. The molecule has 2 aliphatic rings. The second kappa shape index (κ2) is 7.82. The molecule has 0 aromatic heterocycles. The maximum atomic E-state index is 14.1. The lowest BCUT2D eigenvalue weighted by Gasteiger charge is -2.28. The molecule has 0 saturated carbocycles. The van der Waals surface area contributed by atoms with Crippen molar-refractivity contribution in [2.24, 2.45) is 0 Å². The highest BCUT2D eigenvalue weighted by molar-refractivity contribution is 6.25. The van der Waals surface area contributed by atoms with Crippen LogP contribution in [-0.2, 0) is 9.59 Å². The molecule has 0 radical (unpaired) electrons. The van der Waals surface area contributed by atoms with Crippen LogP contribution in [0.1, 0.15) is 52.1 Å². The quantitative estimate of drug-likeness (QED) is 0.713. The number of hydrogen-bond acceptors (Lipinski definition) is 6. The molecule has 2 heterocycles. The first-order valence-corrected chi connectivity index (χ1v) is 9.76. The molecule has 1 saturated heterocycles. The predicted octanol–water partition coefficient (Wildman–Crippen LogP) is 2.41. The molecule has 1 unspecified atom stereocenters. The van der Waals surface area contributed by atoms with Crippen molar-refractivity contribution in [3.05, 3.63) is 58.9 Å². The first-order valence-electron chi connectivity index (χ1n) is 9.76. The molecule has 8 nitrogen and oxygen atoms in total. The third-order valence-electron chi connectivity index (χ3n) is 5.52. The van der Waals surface area contributed by atoms with Crippen LogP contribution >= 0.6 is 0 Å². The number of imide groups is 2. The van der Waals surface area contributed by atoms with Crippen molar-refractivity contribution < 1.29 is 28.3 Å². The highest BCUT2D eigenvalue weighted by Gasteiger charge is 2.45. The maximum Gasteiger partial charge on any atom is 0.264 e. The average molecular weight is 425 g/mol. The van der Waals surface area contributed by atoms with Gasteiger partial charge < -0.3 is 10.1 Å². The van der Waals surface area contributed by atoms with Gasteiger partial charge in [0.05, 0.1) is 18.2 Å². The van der Waals surface area contributed by atoms with Gasteiger partial charge >= 0.3 is 0 Å². The van der Waals surface area contributed by atoms with Gasteiger partial charge in [0.15, 0.2) is 11.6 Å². The van der Waals surface area contributed by atoms with E-state index in [0.717, 1.165) is 4.90 Å². The van der Waals surface area contributed by atoms with E-state index in [9.17, 15) is 23.6 Å². The summed E-state index contributed by atoms with van der Waals surface area (Å²) >= 11 is 0. The third-order valence-corrected chi connectivity index (χ3v) is 5.52. The minimum absolute atomic E-state index is 0.0506. The molecule has 2 aromatic rings. The van der Waals surface area contributed by atoms with Crippen molar-refractivity contribution >= 4 is 29.3 Å². The number of carbonyl (C=O) groups excluding carboxylic acids is 4. The molecular weight excluding hydrogens is 405 g/mol. The molecule has 160 valence electrons. The van der Waals surface area contributed by atoms with Crippen molar-refractivity contribution in [3.63, 3.8) is 0 Å². The van der Waals surface area contributed by atoms with Crippen molar-refractivity contribution in [1.29, 1.82) is 0 Å². The monoisotopic (exact) mass is 425 g/mol. The minimum atomic E-state index is -1.04. The molecule has 2 aliphatic heterocycles. The van der Waals surface area contributed by atoms with Crippen LogP contribution in [0.2, 0.25) is 0 Å². The number of methoxy groups -OCH3 is 1. The number of rotatable bonds is 5. The number of benzene rings is 2. The number of nitrogens with one attached hydrogen (secondary N) is 2. The molecule has 1 fully saturated rings. The summed E-state index contributed by atoms with van der Waals surface area (Å²) in [4.78, 5) is 50.6. The van der Waals surface area contributed by atoms with E-state index >= 15 is 0 Å². The molecule has 2 atom stereocenters. The fourth-order valence-electron chi connectivity index (χ4n) is 3.90. The molecule has 2 N–H and O–H groups in total. The van der Waals surface area contributed by atoms with Crippen molar-refractivity contribution in [3.8, 4) is 5.75 Å². The van der Waals surface area contributed by atoms with Gasteiger partial charge in [-0.15, -0.1) is 0 Å². The number of ether oxygens (including phenoxy) is 1. The Bertz CT molecular complexity index is 1120. The van der Waals surface area contributed by atoms with Crippen LogP contribution in [0.5, 0.6) is 5.75 Å². The molecular formula is C22H20FN3O5. The SMILES string of the molecule is COc1ccc([C@@H](C)Nc2cccc3c2C(=O)N(C2CCC(=O)NC2=O)C3=O)cc1F. The molecule has 4 rings (SSSR count). The van der Waals surface area contributed by atoms with Crippen LogP contribution in [0, 0.1) is 5.82 Å². The van der Waals surface area contributed by atoms with Crippen LogP contribution in [0.4, 0.5) is 10.1 Å². The Balaban J connectivity index is 1.62. The summed E-state index contributed by atoms with van der Waals surface area (Å²) in [6, 6.07) is 7.91. The first kappa shape index (κ1) is 20.5. The van der Waals surface area contributed by atoms with Gasteiger partial charge in [-0.3, -0.25) is 29.4 Å². The Hall–Kier alpha value is -3.75. The van der Waals surface area contributed by atoms with E-state index in [4.69, 9.17) is 4.74 Å². The number of anilines is 1. The second-order valence-electron chi connectivity index (χ2n) is 7.44. The van der Waals surface area contributed by atoms with Crippen LogP contribution in [-0.4, -0.2) is 41.7 Å². The summed E-state index contributed by atoms with van der Waals surface area (Å²) in [5.41, 5.74) is 1.34. The zero-order valence-corrected chi connectivity index (χ0v) is 16.9. The summed E-state index contributed by atoms with van der Waals surface area (Å²) in [6.45, 7) is 1.79. The third kappa shape index (κ3) is 3.52. The summed E-state index contributed by atoms with van der Waals surface area (Å²) in [7, 11) is 1.38. The number of amides is 4. The highest BCUT2D eigenvalue weighted by Crippen LogP contribution is 2.34. The van der Waals surface area contributed by atoms with E-state index in [1.54, 1.807) is 25.1 Å². The Labute approximate surface area is 177 Å². The van der Waals surface area contributed by atoms with E-state index in [0.29, 0.717) is 11.3 Å². The average Bonchev–Trinajstić information content (AvgIpc) is 2.99. The Morgan fingerprint density at radius 2 is 1.94 bits per heavy atom. The van der Waals surface area contributed by atoms with Gasteiger partial charge in [0.2, 0.25) is 11.8 Å². The van der Waals surface area contributed by atoms with Gasteiger partial charge in [0.25, 0.3) is 11.8 Å². The lowest BCUT2D eigenvalue weighted by Crippen LogP contribution is -2.54. The molecule has 0 spiro atoms. The minimum Gasteiger partial charge on any atom is -0.494 e. The van der Waals surface area contributed by atoms with Gasteiger partial charge in [-0.05, 0) is 43.2 Å². The molecule has 31 heavy (non-hydrogen) atoms. The largest absolute Gasteiger partial charge is 0.494 e. The van der Waals surface area contributed by atoms with Crippen LogP contribution < -0.4 is 15.4 Å².